The van der Waals surface area contributed by atoms with Gasteiger partial charge in [-0.3, -0.25) is 4.79 Å². The highest BCUT2D eigenvalue weighted by Crippen LogP contribution is 2.22. The summed E-state index contributed by atoms with van der Waals surface area (Å²) in [7, 11) is 0. The maximum Gasteiger partial charge on any atom is 0.230 e. The fourth-order valence-electron chi connectivity index (χ4n) is 2.70. The van der Waals surface area contributed by atoms with Gasteiger partial charge in [0.15, 0.2) is 5.82 Å². The number of allylic oxidation sites excluding steroid dienone is 1. The SMILES string of the molecule is CC(C)=Cc1nc(-c2ccc(F)cc2)cnc1NC(=O)Cc1ccc(C)cc1. The van der Waals surface area contributed by atoms with E-state index in [0.29, 0.717) is 17.2 Å². The van der Waals surface area contributed by atoms with Crippen LogP contribution >= 0.6 is 0 Å². The zero-order valence-electron chi connectivity index (χ0n) is 16.2. The van der Waals surface area contributed by atoms with Crippen molar-refractivity contribution >= 4 is 17.8 Å². The van der Waals surface area contributed by atoms with Crippen LogP contribution in [-0.4, -0.2) is 15.9 Å². The molecule has 0 atom stereocenters. The molecule has 0 aliphatic heterocycles. The minimum Gasteiger partial charge on any atom is -0.309 e. The Kier molecular flexibility index (Phi) is 5.94. The van der Waals surface area contributed by atoms with Gasteiger partial charge in [0, 0.05) is 5.56 Å². The highest BCUT2D eigenvalue weighted by molar-refractivity contribution is 5.93. The lowest BCUT2D eigenvalue weighted by Gasteiger charge is -2.10. The maximum absolute atomic E-state index is 13.2. The fourth-order valence-corrected chi connectivity index (χ4v) is 2.70. The van der Waals surface area contributed by atoms with E-state index in [4.69, 9.17) is 0 Å². The normalized spacial score (nSPS) is 10.4. The van der Waals surface area contributed by atoms with Crippen LogP contribution in [0.5, 0.6) is 0 Å². The van der Waals surface area contributed by atoms with Gasteiger partial charge in [-0.2, -0.15) is 0 Å². The third-order valence-corrected chi connectivity index (χ3v) is 4.11. The molecule has 4 nitrogen and oxygen atoms in total. The van der Waals surface area contributed by atoms with E-state index in [-0.39, 0.29) is 18.1 Å². The standard InChI is InChI=1S/C23H22FN3O/c1-15(2)12-20-23(27-22(28)13-17-6-4-16(3)5-7-17)25-14-21(26-20)18-8-10-19(24)11-9-18/h4-12,14H,13H2,1-3H3,(H,25,27,28). The summed E-state index contributed by atoms with van der Waals surface area (Å²) in [6.07, 6.45) is 3.70. The minimum atomic E-state index is -0.304. The number of aryl methyl sites for hydroxylation is 1. The van der Waals surface area contributed by atoms with Crippen molar-refractivity contribution in [3.63, 3.8) is 0 Å². The molecule has 0 bridgehead atoms. The summed E-state index contributed by atoms with van der Waals surface area (Å²) in [5.41, 5.74) is 5.05. The Hall–Kier alpha value is -3.34. The summed E-state index contributed by atoms with van der Waals surface area (Å²) < 4.78 is 13.2. The minimum absolute atomic E-state index is 0.156. The van der Waals surface area contributed by atoms with Gasteiger partial charge < -0.3 is 5.32 Å². The summed E-state index contributed by atoms with van der Waals surface area (Å²) in [4.78, 5) is 21.5. The number of nitrogens with zero attached hydrogens (tertiary/aromatic N) is 2. The summed E-state index contributed by atoms with van der Waals surface area (Å²) in [5.74, 6) is -0.0542. The van der Waals surface area contributed by atoms with E-state index in [1.165, 1.54) is 12.1 Å². The number of carbonyl (C=O) groups excluding carboxylic acids is 1. The van der Waals surface area contributed by atoms with Crippen LogP contribution in [-0.2, 0) is 11.2 Å². The van der Waals surface area contributed by atoms with Crippen molar-refractivity contribution in [3.05, 3.63) is 82.9 Å². The highest BCUT2D eigenvalue weighted by Gasteiger charge is 2.11. The highest BCUT2D eigenvalue weighted by atomic mass is 19.1. The van der Waals surface area contributed by atoms with E-state index in [0.717, 1.165) is 22.3 Å². The zero-order valence-corrected chi connectivity index (χ0v) is 16.2. The molecule has 142 valence electrons. The molecule has 1 heterocycles. The van der Waals surface area contributed by atoms with E-state index in [1.807, 2.05) is 51.1 Å². The lowest BCUT2D eigenvalue weighted by Crippen LogP contribution is -2.16. The first-order valence-electron chi connectivity index (χ1n) is 9.04. The summed E-state index contributed by atoms with van der Waals surface area (Å²) in [5, 5.41) is 2.85. The molecule has 5 heteroatoms. The van der Waals surface area contributed by atoms with Gasteiger partial charge in [-0.1, -0.05) is 35.4 Å². The predicted octanol–water partition coefficient (Wildman–Crippen LogP) is 5.20. The summed E-state index contributed by atoms with van der Waals surface area (Å²) in [6, 6.07) is 13.9. The Morgan fingerprint density at radius 2 is 1.75 bits per heavy atom. The van der Waals surface area contributed by atoms with E-state index in [2.05, 4.69) is 15.3 Å². The maximum atomic E-state index is 13.2. The second-order valence-corrected chi connectivity index (χ2v) is 6.93. The molecule has 0 radical (unpaired) electrons. The van der Waals surface area contributed by atoms with Crippen molar-refractivity contribution in [1.82, 2.24) is 9.97 Å². The number of halogens is 1. The van der Waals surface area contributed by atoms with Crippen LogP contribution in [0.4, 0.5) is 10.2 Å². The van der Waals surface area contributed by atoms with Gasteiger partial charge in [0.1, 0.15) is 11.5 Å². The third kappa shape index (κ3) is 5.10. The van der Waals surface area contributed by atoms with Gasteiger partial charge in [0.05, 0.1) is 18.3 Å². The van der Waals surface area contributed by atoms with Crippen LogP contribution in [0, 0.1) is 12.7 Å². The molecule has 0 aliphatic carbocycles. The molecule has 1 amide bonds. The molecule has 1 aromatic heterocycles. The van der Waals surface area contributed by atoms with Crippen LogP contribution in [0.15, 0.2) is 60.3 Å². The Morgan fingerprint density at radius 3 is 2.39 bits per heavy atom. The van der Waals surface area contributed by atoms with E-state index in [1.54, 1.807) is 18.3 Å². The van der Waals surface area contributed by atoms with Crippen molar-refractivity contribution < 1.29 is 9.18 Å². The van der Waals surface area contributed by atoms with Gasteiger partial charge in [-0.25, -0.2) is 14.4 Å². The van der Waals surface area contributed by atoms with Crippen molar-refractivity contribution in [2.24, 2.45) is 0 Å². The largest absolute Gasteiger partial charge is 0.309 e. The number of benzene rings is 2. The lowest BCUT2D eigenvalue weighted by molar-refractivity contribution is -0.115. The molecule has 0 aliphatic rings. The number of hydrogen-bond acceptors (Lipinski definition) is 3. The average molecular weight is 375 g/mol. The molecular weight excluding hydrogens is 353 g/mol. The number of anilines is 1. The fraction of sp³-hybridized carbons (Fsp3) is 0.174. The zero-order chi connectivity index (χ0) is 20.1. The molecule has 0 saturated heterocycles. The van der Waals surface area contributed by atoms with Crippen LogP contribution in [0.2, 0.25) is 0 Å². The summed E-state index contributed by atoms with van der Waals surface area (Å²) in [6.45, 7) is 5.90. The van der Waals surface area contributed by atoms with Crippen LogP contribution in [0.1, 0.15) is 30.7 Å². The van der Waals surface area contributed by atoms with E-state index < -0.39 is 0 Å². The van der Waals surface area contributed by atoms with Crippen molar-refractivity contribution in [2.75, 3.05) is 5.32 Å². The molecule has 3 aromatic rings. The lowest BCUT2D eigenvalue weighted by atomic mass is 10.1. The molecule has 0 fully saturated rings. The first kappa shape index (κ1) is 19.4. The first-order valence-corrected chi connectivity index (χ1v) is 9.04. The van der Waals surface area contributed by atoms with Crippen molar-refractivity contribution in [1.29, 1.82) is 0 Å². The number of rotatable bonds is 5. The number of carbonyl (C=O) groups is 1. The van der Waals surface area contributed by atoms with Gasteiger partial charge >= 0.3 is 0 Å². The Labute approximate surface area is 164 Å². The molecule has 1 N–H and O–H groups in total. The first-order chi connectivity index (χ1) is 13.4. The molecule has 2 aromatic carbocycles. The number of hydrogen-bond donors (Lipinski definition) is 1. The van der Waals surface area contributed by atoms with Crippen LogP contribution < -0.4 is 5.32 Å². The molecular formula is C23H22FN3O. The van der Waals surface area contributed by atoms with Gasteiger partial charge in [-0.15, -0.1) is 0 Å². The average Bonchev–Trinajstić information content (AvgIpc) is 2.65. The molecule has 0 saturated carbocycles. The van der Waals surface area contributed by atoms with Gasteiger partial charge in [0.25, 0.3) is 0 Å². The number of nitrogens with one attached hydrogen (secondary N) is 1. The Morgan fingerprint density at radius 1 is 1.07 bits per heavy atom. The second-order valence-electron chi connectivity index (χ2n) is 6.93. The second kappa shape index (κ2) is 8.57. The molecule has 3 rings (SSSR count). The Bertz CT molecular complexity index is 1010. The van der Waals surface area contributed by atoms with Crippen LogP contribution in [0.3, 0.4) is 0 Å². The Balaban J connectivity index is 1.85. The summed E-state index contributed by atoms with van der Waals surface area (Å²) >= 11 is 0. The van der Waals surface area contributed by atoms with Crippen molar-refractivity contribution in [2.45, 2.75) is 27.2 Å². The monoisotopic (exact) mass is 375 g/mol. The van der Waals surface area contributed by atoms with Crippen molar-refractivity contribution in [3.8, 4) is 11.3 Å². The van der Waals surface area contributed by atoms with Crippen LogP contribution in [0.25, 0.3) is 17.3 Å². The predicted molar refractivity (Wildman–Crippen MR) is 110 cm³/mol. The molecule has 0 unspecified atom stereocenters. The number of aromatic nitrogens is 2. The number of amides is 1. The topological polar surface area (TPSA) is 54.9 Å². The smallest absolute Gasteiger partial charge is 0.230 e. The quantitative estimate of drug-likeness (QED) is 0.667. The van der Waals surface area contributed by atoms with Gasteiger partial charge in [0.2, 0.25) is 5.91 Å². The molecule has 28 heavy (non-hydrogen) atoms. The van der Waals surface area contributed by atoms with E-state index >= 15 is 0 Å². The molecule has 0 spiro atoms. The third-order valence-electron chi connectivity index (χ3n) is 4.11. The van der Waals surface area contributed by atoms with Gasteiger partial charge in [-0.05, 0) is 56.7 Å². The van der Waals surface area contributed by atoms with E-state index in [9.17, 15) is 9.18 Å².